The van der Waals surface area contributed by atoms with Crippen LogP contribution in [-0.4, -0.2) is 42.9 Å². The second kappa shape index (κ2) is 8.11. The molecular formula is C26H23N3O2. The fourth-order valence-corrected chi connectivity index (χ4v) is 4.32. The summed E-state index contributed by atoms with van der Waals surface area (Å²) in [6.07, 6.45) is 0. The summed E-state index contributed by atoms with van der Waals surface area (Å²) in [6, 6.07) is 29.0. The summed E-state index contributed by atoms with van der Waals surface area (Å²) in [6.45, 7) is 2.95. The molecule has 0 unspecified atom stereocenters. The van der Waals surface area contributed by atoms with Gasteiger partial charge >= 0.3 is 0 Å². The summed E-state index contributed by atoms with van der Waals surface area (Å²) < 4.78 is 0. The Morgan fingerprint density at radius 2 is 1.00 bits per heavy atom. The van der Waals surface area contributed by atoms with Gasteiger partial charge in [-0.25, -0.2) is 4.90 Å². The Bertz CT molecular complexity index is 1120. The highest BCUT2D eigenvalue weighted by atomic mass is 16.2. The van der Waals surface area contributed by atoms with Crippen molar-refractivity contribution in [3.63, 3.8) is 0 Å². The van der Waals surface area contributed by atoms with Gasteiger partial charge in [-0.1, -0.05) is 66.7 Å². The van der Waals surface area contributed by atoms with Crippen LogP contribution in [0.15, 0.2) is 96.7 Å². The summed E-state index contributed by atoms with van der Waals surface area (Å²) in [5.41, 5.74) is 3.55. The molecule has 0 aliphatic carbocycles. The normalized spacial score (nSPS) is 17.0. The Morgan fingerprint density at radius 1 is 0.516 bits per heavy atom. The zero-order chi connectivity index (χ0) is 21.2. The molecule has 154 valence electrons. The Balaban J connectivity index is 1.49. The molecule has 2 heterocycles. The van der Waals surface area contributed by atoms with Crippen molar-refractivity contribution in [2.75, 3.05) is 36.0 Å². The van der Waals surface area contributed by atoms with Crippen LogP contribution in [-0.2, 0) is 9.59 Å². The first-order chi connectivity index (χ1) is 15.2. The predicted octanol–water partition coefficient (Wildman–Crippen LogP) is 3.79. The van der Waals surface area contributed by atoms with Crippen molar-refractivity contribution in [3.05, 3.63) is 102 Å². The lowest BCUT2D eigenvalue weighted by molar-refractivity contribution is -0.120. The number of nitrogens with zero attached hydrogens (tertiary/aromatic N) is 3. The van der Waals surface area contributed by atoms with Crippen molar-refractivity contribution in [1.82, 2.24) is 4.90 Å². The van der Waals surface area contributed by atoms with Crippen molar-refractivity contribution in [3.8, 4) is 0 Å². The minimum absolute atomic E-state index is 0.247. The van der Waals surface area contributed by atoms with Gasteiger partial charge in [0.15, 0.2) is 0 Å². The van der Waals surface area contributed by atoms with Crippen LogP contribution in [0.1, 0.15) is 5.56 Å². The van der Waals surface area contributed by atoms with Gasteiger partial charge in [-0.15, -0.1) is 0 Å². The average molecular weight is 409 g/mol. The van der Waals surface area contributed by atoms with Crippen LogP contribution in [0.5, 0.6) is 0 Å². The molecule has 2 amide bonds. The van der Waals surface area contributed by atoms with Gasteiger partial charge in [0.25, 0.3) is 11.8 Å². The summed E-state index contributed by atoms with van der Waals surface area (Å²) in [7, 11) is 0. The van der Waals surface area contributed by atoms with Crippen LogP contribution in [0.2, 0.25) is 0 Å². The smallest absolute Gasteiger partial charge is 0.282 e. The van der Waals surface area contributed by atoms with Crippen LogP contribution in [0.4, 0.5) is 11.4 Å². The van der Waals surface area contributed by atoms with Gasteiger partial charge in [-0.2, -0.15) is 0 Å². The van der Waals surface area contributed by atoms with Crippen molar-refractivity contribution in [2.45, 2.75) is 0 Å². The van der Waals surface area contributed by atoms with Gasteiger partial charge in [0.05, 0.1) is 11.3 Å². The third-order valence-electron chi connectivity index (χ3n) is 5.85. The first-order valence-electron chi connectivity index (χ1n) is 10.5. The number of rotatable bonds is 4. The molecule has 0 atom stereocenters. The number of piperazine rings is 1. The topological polar surface area (TPSA) is 43.9 Å². The minimum atomic E-state index is -0.261. The molecule has 0 bridgehead atoms. The van der Waals surface area contributed by atoms with Gasteiger partial charge in [-0.3, -0.25) is 9.59 Å². The number of carbonyl (C=O) groups excluding carboxylic acids is 2. The molecule has 0 N–H and O–H groups in total. The average Bonchev–Trinajstić information content (AvgIpc) is 3.10. The molecule has 2 aliphatic rings. The van der Waals surface area contributed by atoms with Gasteiger partial charge < -0.3 is 9.80 Å². The van der Waals surface area contributed by atoms with E-state index in [4.69, 9.17) is 0 Å². The molecule has 31 heavy (non-hydrogen) atoms. The Kier molecular flexibility index (Phi) is 5.00. The van der Waals surface area contributed by atoms with Gasteiger partial charge in [0.1, 0.15) is 5.70 Å². The van der Waals surface area contributed by atoms with Crippen molar-refractivity contribution >= 4 is 28.8 Å². The van der Waals surface area contributed by atoms with Crippen LogP contribution in [0.3, 0.4) is 0 Å². The second-order valence-corrected chi connectivity index (χ2v) is 7.68. The van der Waals surface area contributed by atoms with E-state index < -0.39 is 0 Å². The molecule has 0 spiro atoms. The lowest BCUT2D eigenvalue weighted by Crippen LogP contribution is -2.47. The van der Waals surface area contributed by atoms with Gasteiger partial charge in [0, 0.05) is 31.9 Å². The number of hydrogen-bond donors (Lipinski definition) is 0. The molecule has 5 heteroatoms. The highest BCUT2D eigenvalue weighted by Crippen LogP contribution is 2.35. The third-order valence-corrected chi connectivity index (χ3v) is 5.85. The Morgan fingerprint density at radius 3 is 1.58 bits per heavy atom. The molecular weight excluding hydrogens is 386 g/mol. The summed E-state index contributed by atoms with van der Waals surface area (Å²) in [5, 5.41) is 0. The maximum absolute atomic E-state index is 13.5. The number of hydrogen-bond acceptors (Lipinski definition) is 4. The van der Waals surface area contributed by atoms with E-state index in [2.05, 4.69) is 21.9 Å². The minimum Gasteiger partial charge on any atom is -0.368 e. The summed E-state index contributed by atoms with van der Waals surface area (Å²) in [5.74, 6) is -0.508. The Hall–Kier alpha value is -3.86. The summed E-state index contributed by atoms with van der Waals surface area (Å²) >= 11 is 0. The molecule has 0 saturated carbocycles. The molecule has 5 nitrogen and oxygen atoms in total. The van der Waals surface area contributed by atoms with Crippen molar-refractivity contribution in [1.29, 1.82) is 0 Å². The molecule has 0 radical (unpaired) electrons. The van der Waals surface area contributed by atoms with E-state index in [1.165, 1.54) is 10.6 Å². The van der Waals surface area contributed by atoms with E-state index in [9.17, 15) is 9.59 Å². The number of anilines is 2. The maximum atomic E-state index is 13.5. The molecule has 2 aliphatic heterocycles. The number of para-hydroxylation sites is 2. The number of imide groups is 1. The highest BCUT2D eigenvalue weighted by molar-refractivity contribution is 6.45. The van der Waals surface area contributed by atoms with E-state index in [0.29, 0.717) is 30.0 Å². The lowest BCUT2D eigenvalue weighted by Gasteiger charge is -2.37. The van der Waals surface area contributed by atoms with Crippen LogP contribution < -0.4 is 9.80 Å². The largest absolute Gasteiger partial charge is 0.368 e. The molecule has 1 fully saturated rings. The monoisotopic (exact) mass is 409 g/mol. The standard InChI is InChI=1S/C26H23N3O2/c30-25-23(20-10-4-1-5-11-20)24(26(31)29(25)22-14-8-3-9-15-22)28-18-16-27(17-19-28)21-12-6-2-7-13-21/h1-15H,16-19H2. The van der Waals surface area contributed by atoms with Crippen molar-refractivity contribution in [2.24, 2.45) is 0 Å². The third kappa shape index (κ3) is 3.48. The lowest BCUT2D eigenvalue weighted by atomic mass is 10.0. The Labute approximate surface area is 181 Å². The fraction of sp³-hybridized carbons (Fsp3) is 0.154. The molecule has 3 aromatic rings. The summed E-state index contributed by atoms with van der Waals surface area (Å²) in [4.78, 5) is 32.7. The van der Waals surface area contributed by atoms with E-state index in [1.807, 2.05) is 66.7 Å². The number of amides is 2. The molecule has 1 saturated heterocycles. The second-order valence-electron chi connectivity index (χ2n) is 7.68. The maximum Gasteiger partial charge on any atom is 0.282 e. The van der Waals surface area contributed by atoms with Crippen LogP contribution in [0, 0.1) is 0 Å². The quantitative estimate of drug-likeness (QED) is 0.615. The SMILES string of the molecule is O=C1C(c2ccccc2)=C(N2CCN(c3ccccc3)CC2)C(=O)N1c1ccccc1. The first kappa shape index (κ1) is 19.1. The predicted molar refractivity (Wildman–Crippen MR) is 123 cm³/mol. The van der Waals surface area contributed by atoms with Gasteiger partial charge in [-0.05, 0) is 29.8 Å². The number of benzene rings is 3. The van der Waals surface area contributed by atoms with E-state index in [0.717, 1.165) is 18.7 Å². The van der Waals surface area contributed by atoms with E-state index >= 15 is 0 Å². The van der Waals surface area contributed by atoms with Crippen LogP contribution in [0.25, 0.3) is 5.57 Å². The zero-order valence-corrected chi connectivity index (χ0v) is 17.1. The molecule has 5 rings (SSSR count). The molecule has 0 aromatic heterocycles. The first-order valence-corrected chi connectivity index (χ1v) is 10.5. The van der Waals surface area contributed by atoms with E-state index in [1.54, 1.807) is 12.1 Å². The van der Waals surface area contributed by atoms with Crippen molar-refractivity contribution < 1.29 is 9.59 Å². The van der Waals surface area contributed by atoms with Gasteiger partial charge in [0.2, 0.25) is 0 Å². The zero-order valence-electron chi connectivity index (χ0n) is 17.1. The van der Waals surface area contributed by atoms with Crippen LogP contribution >= 0.6 is 0 Å². The number of carbonyl (C=O) groups is 2. The molecule has 3 aromatic carbocycles. The fourth-order valence-electron chi connectivity index (χ4n) is 4.32. The highest BCUT2D eigenvalue weighted by Gasteiger charge is 2.42. The van der Waals surface area contributed by atoms with E-state index in [-0.39, 0.29) is 11.8 Å².